The second-order valence-corrected chi connectivity index (χ2v) is 23.1. The molecule has 7 rings (SSSR count). The van der Waals surface area contributed by atoms with E-state index in [0.717, 1.165) is 84.0 Å². The van der Waals surface area contributed by atoms with Gasteiger partial charge in [0, 0.05) is 102 Å². The first-order valence-corrected chi connectivity index (χ1v) is 29.7. The van der Waals surface area contributed by atoms with E-state index in [2.05, 4.69) is 66.2 Å². The number of benzene rings is 3. The van der Waals surface area contributed by atoms with Crippen LogP contribution in [0.1, 0.15) is 113 Å². The molecule has 0 bridgehead atoms. The van der Waals surface area contributed by atoms with Crippen LogP contribution in [0, 0.1) is 23.7 Å². The van der Waals surface area contributed by atoms with Gasteiger partial charge in [-0.3, -0.25) is 24.0 Å². The Morgan fingerprint density at radius 1 is 0.562 bits per heavy atom. The molecule has 6 atom stereocenters. The van der Waals surface area contributed by atoms with Gasteiger partial charge in [0.15, 0.2) is 5.12 Å². The van der Waals surface area contributed by atoms with Crippen LogP contribution in [0.25, 0.3) is 0 Å². The second kappa shape index (κ2) is 34.8. The molecule has 4 heterocycles. The van der Waals surface area contributed by atoms with Gasteiger partial charge in [-0.25, -0.2) is 9.59 Å². The predicted octanol–water partition coefficient (Wildman–Crippen LogP) is 6.22. The average molecular weight is 1160 g/mol. The Balaban J connectivity index is 0.00000588. The van der Waals surface area contributed by atoms with Gasteiger partial charge in [-0.05, 0) is 79.3 Å². The second-order valence-electron chi connectivity index (χ2n) is 19.3. The highest BCUT2D eigenvalue weighted by Crippen LogP contribution is 2.34. The SMILES string of the molecule is C.C.CC(=O)SCCC(=O)NCCOCC(=O)Nc1cc(C#Cc2ccc(COCCNC(=O)CCCCC3SCC4NC(=O)NC43)cc2)cc(C#Cc2ccc(COCCNC(=O)CCCCC3SCC4NC(=O)NC43)cc2)c1. The van der Waals surface area contributed by atoms with Gasteiger partial charge in [-0.1, -0.05) is 87.4 Å². The fourth-order valence-electron chi connectivity index (χ4n) is 9.13. The highest BCUT2D eigenvalue weighted by atomic mass is 32.2. The molecule has 8 amide bonds. The molecule has 0 spiro atoms. The number of hydrogen-bond donors (Lipinski definition) is 8. The molecule has 4 saturated heterocycles. The number of carbonyl (C=O) groups is 7. The molecule has 3 aromatic carbocycles. The van der Waals surface area contributed by atoms with Gasteiger partial charge < -0.3 is 56.7 Å². The highest BCUT2D eigenvalue weighted by Gasteiger charge is 2.43. The third kappa shape index (κ3) is 22.7. The Hall–Kier alpha value is -6.20. The number of urea groups is 2. The highest BCUT2D eigenvalue weighted by molar-refractivity contribution is 8.13. The Morgan fingerprint density at radius 3 is 1.46 bits per heavy atom. The van der Waals surface area contributed by atoms with Crippen molar-refractivity contribution in [2.45, 2.75) is 127 Å². The Bertz CT molecular complexity index is 2530. The van der Waals surface area contributed by atoms with Crippen molar-refractivity contribution in [2.75, 3.05) is 68.6 Å². The van der Waals surface area contributed by atoms with Gasteiger partial charge in [0.25, 0.3) is 0 Å². The summed E-state index contributed by atoms with van der Waals surface area (Å²) < 4.78 is 17.2. The van der Waals surface area contributed by atoms with Crippen molar-refractivity contribution in [2.24, 2.45) is 0 Å². The summed E-state index contributed by atoms with van der Waals surface area (Å²) in [6, 6.07) is 21.4. The van der Waals surface area contributed by atoms with Crippen LogP contribution in [0.2, 0.25) is 0 Å². The van der Waals surface area contributed by atoms with Gasteiger partial charge in [0.1, 0.15) is 6.61 Å². The molecule has 6 unspecified atom stereocenters. The van der Waals surface area contributed by atoms with Crippen LogP contribution in [0.4, 0.5) is 15.3 Å². The van der Waals surface area contributed by atoms with E-state index in [-0.39, 0.29) is 100 Å². The standard InChI is InChI=1S/C57H70N8O10S3.2CH4/c1-38(66)76-29-22-52(69)60-25-28-75-35-53(70)61-45-31-43(20-14-39-10-16-41(17-11-39)33-73-26-23-58-50(67)8-4-2-6-48-54-46(36-77-48)62-56(71)64-54)30-44(32-45)21-15-40-12-18-42(19-13-40)34-74-27-24-59-51(68)9-5-3-7-49-55-47(37-78-49)63-57(72)65-55;;/h10-13,16-19,30-32,46-49,54-55H,2-9,22-29,33-37H2,1H3,(H,58,67)(H,59,68)(H,60,69)(H,61,70)(H2,62,64,71)(H2,63,65,72);2*1H4. The van der Waals surface area contributed by atoms with Crippen molar-refractivity contribution in [1.82, 2.24) is 37.2 Å². The first-order chi connectivity index (χ1) is 37.9. The molecule has 0 aliphatic carbocycles. The smallest absolute Gasteiger partial charge is 0.315 e. The first-order valence-electron chi connectivity index (χ1n) is 26.6. The molecule has 0 saturated carbocycles. The molecular weight excluding hydrogens is 1080 g/mol. The number of nitrogens with one attached hydrogen (secondary N) is 8. The molecule has 0 aromatic heterocycles. The topological polar surface area (TPSA) is 243 Å². The quantitative estimate of drug-likeness (QED) is 0.0219. The van der Waals surface area contributed by atoms with Crippen molar-refractivity contribution in [3.8, 4) is 23.7 Å². The van der Waals surface area contributed by atoms with Crippen molar-refractivity contribution < 1.29 is 47.8 Å². The van der Waals surface area contributed by atoms with Crippen LogP contribution in [-0.4, -0.2) is 139 Å². The number of rotatable bonds is 29. The van der Waals surface area contributed by atoms with Crippen LogP contribution in [-0.2, 0) is 51.4 Å². The van der Waals surface area contributed by atoms with Gasteiger partial charge in [0.2, 0.25) is 23.6 Å². The number of anilines is 1. The molecule has 8 N–H and O–H groups in total. The van der Waals surface area contributed by atoms with E-state index < -0.39 is 5.91 Å². The number of hydrogen-bond acceptors (Lipinski definition) is 13. The molecular formula is C59H78N8O10S3. The minimum atomic E-state index is -0.394. The maximum atomic E-state index is 13.0. The summed E-state index contributed by atoms with van der Waals surface area (Å²) in [7, 11) is 0. The molecule has 21 heteroatoms. The number of ether oxygens (including phenoxy) is 3. The lowest BCUT2D eigenvalue weighted by molar-refractivity contribution is -0.122. The third-order valence-electron chi connectivity index (χ3n) is 13.1. The maximum Gasteiger partial charge on any atom is 0.315 e. The third-order valence-corrected chi connectivity index (χ3v) is 16.9. The lowest BCUT2D eigenvalue weighted by Crippen LogP contribution is -2.36. The van der Waals surface area contributed by atoms with Crippen LogP contribution < -0.4 is 42.5 Å². The number of fused-ring (bicyclic) bond motifs is 2. The van der Waals surface area contributed by atoms with Crippen LogP contribution >= 0.6 is 35.3 Å². The van der Waals surface area contributed by atoms with E-state index in [0.29, 0.717) is 85.4 Å². The predicted molar refractivity (Wildman–Crippen MR) is 318 cm³/mol. The Kier molecular flexibility index (Phi) is 28.1. The molecule has 3 aromatic rings. The fourth-order valence-corrected chi connectivity index (χ4v) is 12.8. The van der Waals surface area contributed by atoms with Crippen LogP contribution in [0.5, 0.6) is 0 Å². The summed E-state index contributed by atoms with van der Waals surface area (Å²) in [5.41, 5.74) is 5.20. The number of amides is 8. The van der Waals surface area contributed by atoms with Gasteiger partial charge in [-0.2, -0.15) is 23.5 Å². The van der Waals surface area contributed by atoms with Crippen LogP contribution in [0.15, 0.2) is 66.7 Å². The fraction of sp³-hybridized carbons (Fsp3) is 0.508. The molecule has 432 valence electrons. The van der Waals surface area contributed by atoms with Crippen molar-refractivity contribution in [3.63, 3.8) is 0 Å². The van der Waals surface area contributed by atoms with E-state index in [9.17, 15) is 33.6 Å². The number of carbonyl (C=O) groups excluding carboxylic acids is 7. The molecule has 80 heavy (non-hydrogen) atoms. The minimum absolute atomic E-state index is 0. The largest absolute Gasteiger partial charge is 0.375 e. The first kappa shape index (κ1) is 64.6. The zero-order valence-corrected chi connectivity index (χ0v) is 46.4. The summed E-state index contributed by atoms with van der Waals surface area (Å²) >= 11 is 4.86. The van der Waals surface area contributed by atoms with Gasteiger partial charge >= 0.3 is 12.1 Å². The summed E-state index contributed by atoms with van der Waals surface area (Å²) in [6.07, 6.45) is 6.54. The summed E-state index contributed by atoms with van der Waals surface area (Å²) in [4.78, 5) is 84.1. The molecule has 4 aliphatic rings. The Labute approximate surface area is 484 Å². The average Bonchev–Trinajstić information content (AvgIpc) is 4.23. The lowest BCUT2D eigenvalue weighted by Gasteiger charge is -2.16. The van der Waals surface area contributed by atoms with E-state index in [1.807, 2.05) is 78.1 Å². The number of unbranched alkanes of at least 4 members (excludes halogenated alkanes) is 2. The van der Waals surface area contributed by atoms with Gasteiger partial charge in [-0.15, -0.1) is 0 Å². The minimum Gasteiger partial charge on any atom is -0.375 e. The van der Waals surface area contributed by atoms with Gasteiger partial charge in [0.05, 0.1) is 57.2 Å². The van der Waals surface area contributed by atoms with E-state index in [4.69, 9.17) is 14.2 Å². The molecule has 0 radical (unpaired) electrons. The molecule has 4 aliphatic heterocycles. The molecule has 4 fully saturated rings. The van der Waals surface area contributed by atoms with E-state index in [1.54, 1.807) is 12.1 Å². The summed E-state index contributed by atoms with van der Waals surface area (Å²) in [6.45, 7) is 3.92. The normalized spacial score (nSPS) is 19.1. The van der Waals surface area contributed by atoms with E-state index >= 15 is 0 Å². The maximum absolute atomic E-state index is 13.0. The zero-order chi connectivity index (χ0) is 54.9. The molecule has 18 nitrogen and oxygen atoms in total. The van der Waals surface area contributed by atoms with E-state index in [1.165, 1.54) is 6.92 Å². The Morgan fingerprint density at radius 2 is 1.00 bits per heavy atom. The summed E-state index contributed by atoms with van der Waals surface area (Å²) in [5, 5.41) is 24.2. The number of thioether (sulfide) groups is 3. The zero-order valence-electron chi connectivity index (χ0n) is 44.0. The van der Waals surface area contributed by atoms with Crippen molar-refractivity contribution in [1.29, 1.82) is 0 Å². The van der Waals surface area contributed by atoms with Crippen molar-refractivity contribution >= 4 is 81.8 Å². The lowest BCUT2D eigenvalue weighted by atomic mass is 10.0. The monoisotopic (exact) mass is 1150 g/mol. The summed E-state index contributed by atoms with van der Waals surface area (Å²) in [5.74, 6) is 14.5. The van der Waals surface area contributed by atoms with Crippen molar-refractivity contribution in [3.05, 3.63) is 100 Å². The van der Waals surface area contributed by atoms with Crippen LogP contribution in [0.3, 0.4) is 0 Å².